The number of nitrogens with zero attached hydrogens (tertiary/aromatic N) is 1. The van der Waals surface area contributed by atoms with E-state index in [4.69, 9.17) is 5.11 Å². The number of carboxylic acids is 1. The Hall–Kier alpha value is -0.570. The van der Waals surface area contributed by atoms with Crippen molar-refractivity contribution in [3.8, 4) is 0 Å². The van der Waals surface area contributed by atoms with Gasteiger partial charge >= 0.3 is 5.97 Å². The molecular weight excluding hydrogens is 178 g/mol. The second-order valence-electron chi connectivity index (χ2n) is 4.40. The third kappa shape index (κ3) is 4.09. The summed E-state index contributed by atoms with van der Waals surface area (Å²) in [6.07, 6.45) is 1.07. The second kappa shape index (κ2) is 6.02. The number of hydrogen-bond donors (Lipinski definition) is 1. The van der Waals surface area contributed by atoms with Crippen LogP contribution in [0.1, 0.15) is 34.1 Å². The second-order valence-corrected chi connectivity index (χ2v) is 4.40. The molecule has 0 aromatic heterocycles. The molecule has 0 aliphatic heterocycles. The highest BCUT2D eigenvalue weighted by atomic mass is 16.4. The molecule has 0 saturated carbocycles. The maximum atomic E-state index is 10.7. The molecule has 0 heterocycles. The summed E-state index contributed by atoms with van der Waals surface area (Å²) in [5, 5.41) is 8.80. The van der Waals surface area contributed by atoms with Crippen LogP contribution in [-0.4, -0.2) is 35.6 Å². The lowest BCUT2D eigenvalue weighted by Crippen LogP contribution is -2.39. The molecular formula is C11H23NO2. The molecule has 0 saturated heterocycles. The Kier molecular flexibility index (Phi) is 5.77. The van der Waals surface area contributed by atoms with Gasteiger partial charge in [-0.3, -0.25) is 4.79 Å². The molecule has 0 aromatic rings. The minimum Gasteiger partial charge on any atom is -0.481 e. The van der Waals surface area contributed by atoms with Gasteiger partial charge in [0.15, 0.2) is 0 Å². The van der Waals surface area contributed by atoms with E-state index in [2.05, 4.69) is 25.7 Å². The summed E-state index contributed by atoms with van der Waals surface area (Å²) in [5.41, 5.74) is 0. The Labute approximate surface area is 87.1 Å². The molecule has 0 spiro atoms. The quantitative estimate of drug-likeness (QED) is 0.715. The van der Waals surface area contributed by atoms with Crippen LogP contribution < -0.4 is 0 Å². The maximum Gasteiger partial charge on any atom is 0.307 e. The van der Waals surface area contributed by atoms with E-state index in [0.29, 0.717) is 18.5 Å². The predicted octanol–water partition coefficient (Wildman–Crippen LogP) is 2.07. The highest BCUT2D eigenvalue weighted by Crippen LogP contribution is 2.14. The van der Waals surface area contributed by atoms with Crippen LogP contribution in [0.25, 0.3) is 0 Å². The van der Waals surface area contributed by atoms with Gasteiger partial charge in [0.25, 0.3) is 0 Å². The molecule has 3 heteroatoms. The van der Waals surface area contributed by atoms with E-state index in [1.54, 1.807) is 6.92 Å². The fourth-order valence-electron chi connectivity index (χ4n) is 1.94. The minimum atomic E-state index is -0.713. The van der Waals surface area contributed by atoms with Gasteiger partial charge in [-0.1, -0.05) is 27.7 Å². The van der Waals surface area contributed by atoms with Crippen LogP contribution >= 0.6 is 0 Å². The summed E-state index contributed by atoms with van der Waals surface area (Å²) in [7, 11) is 2.01. The van der Waals surface area contributed by atoms with Gasteiger partial charge in [-0.15, -0.1) is 0 Å². The zero-order chi connectivity index (χ0) is 11.3. The first-order chi connectivity index (χ1) is 6.40. The van der Waals surface area contributed by atoms with E-state index < -0.39 is 5.97 Å². The van der Waals surface area contributed by atoms with Crippen molar-refractivity contribution in [2.24, 2.45) is 11.8 Å². The van der Waals surface area contributed by atoms with Crippen LogP contribution in [0.15, 0.2) is 0 Å². The van der Waals surface area contributed by atoms with Gasteiger partial charge < -0.3 is 10.0 Å². The molecule has 2 unspecified atom stereocenters. The molecule has 0 bridgehead atoms. The number of carboxylic acid groups (broad SMARTS) is 1. The normalized spacial score (nSPS) is 15.9. The first kappa shape index (κ1) is 13.4. The van der Waals surface area contributed by atoms with Gasteiger partial charge in [0.05, 0.1) is 5.92 Å². The molecule has 3 nitrogen and oxygen atoms in total. The molecule has 84 valence electrons. The largest absolute Gasteiger partial charge is 0.481 e. The van der Waals surface area contributed by atoms with E-state index in [-0.39, 0.29) is 5.92 Å². The van der Waals surface area contributed by atoms with Crippen molar-refractivity contribution >= 4 is 5.97 Å². The van der Waals surface area contributed by atoms with Crippen molar-refractivity contribution < 1.29 is 9.90 Å². The third-order valence-corrected chi connectivity index (χ3v) is 2.74. The van der Waals surface area contributed by atoms with E-state index in [1.807, 2.05) is 7.05 Å². The van der Waals surface area contributed by atoms with Gasteiger partial charge in [0, 0.05) is 12.6 Å². The van der Waals surface area contributed by atoms with Crippen molar-refractivity contribution in [2.45, 2.75) is 40.2 Å². The molecule has 0 fully saturated rings. The van der Waals surface area contributed by atoms with Crippen molar-refractivity contribution in [3.05, 3.63) is 0 Å². The SMILES string of the molecule is CCC(C(C)C)N(C)CC(C)C(=O)O. The van der Waals surface area contributed by atoms with Crippen molar-refractivity contribution in [1.29, 1.82) is 0 Å². The van der Waals surface area contributed by atoms with Crippen molar-refractivity contribution in [1.82, 2.24) is 4.90 Å². The molecule has 0 aromatic carbocycles. The van der Waals surface area contributed by atoms with E-state index in [1.165, 1.54) is 0 Å². The fraction of sp³-hybridized carbons (Fsp3) is 0.909. The minimum absolute atomic E-state index is 0.284. The Morgan fingerprint density at radius 2 is 1.86 bits per heavy atom. The number of hydrogen-bond acceptors (Lipinski definition) is 2. The van der Waals surface area contributed by atoms with Crippen LogP contribution in [0.2, 0.25) is 0 Å². The Morgan fingerprint density at radius 1 is 1.36 bits per heavy atom. The Bertz CT molecular complexity index is 180. The highest BCUT2D eigenvalue weighted by molar-refractivity contribution is 5.69. The lowest BCUT2D eigenvalue weighted by atomic mass is 9.99. The van der Waals surface area contributed by atoms with Gasteiger partial charge in [0.2, 0.25) is 0 Å². The lowest BCUT2D eigenvalue weighted by molar-refractivity contribution is -0.141. The van der Waals surface area contributed by atoms with Crippen LogP contribution in [0.5, 0.6) is 0 Å². The van der Waals surface area contributed by atoms with E-state index in [0.717, 1.165) is 6.42 Å². The fourth-order valence-corrected chi connectivity index (χ4v) is 1.94. The summed E-state index contributed by atoms with van der Waals surface area (Å²) in [6.45, 7) is 8.89. The predicted molar refractivity (Wildman–Crippen MR) is 58.3 cm³/mol. The van der Waals surface area contributed by atoms with Crippen LogP contribution in [0.4, 0.5) is 0 Å². The van der Waals surface area contributed by atoms with Crippen LogP contribution in [0.3, 0.4) is 0 Å². The van der Waals surface area contributed by atoms with Crippen LogP contribution in [-0.2, 0) is 4.79 Å². The molecule has 0 aliphatic carbocycles. The number of rotatable bonds is 6. The average molecular weight is 201 g/mol. The molecule has 0 radical (unpaired) electrons. The number of carbonyl (C=O) groups is 1. The smallest absolute Gasteiger partial charge is 0.307 e. The van der Waals surface area contributed by atoms with Gasteiger partial charge in [-0.2, -0.15) is 0 Å². The molecule has 0 rings (SSSR count). The molecule has 1 N–H and O–H groups in total. The molecule has 14 heavy (non-hydrogen) atoms. The number of aliphatic carboxylic acids is 1. The van der Waals surface area contributed by atoms with Gasteiger partial charge in [-0.25, -0.2) is 0 Å². The standard InChI is InChI=1S/C11H23NO2/c1-6-10(8(2)3)12(5)7-9(4)11(13)14/h8-10H,6-7H2,1-5H3,(H,13,14). The summed E-state index contributed by atoms with van der Waals surface area (Å²) >= 11 is 0. The first-order valence-electron chi connectivity index (χ1n) is 5.33. The zero-order valence-corrected chi connectivity index (χ0v) is 9.95. The van der Waals surface area contributed by atoms with Crippen LogP contribution in [0, 0.1) is 11.8 Å². The Morgan fingerprint density at radius 3 is 2.14 bits per heavy atom. The van der Waals surface area contributed by atoms with Gasteiger partial charge in [0.1, 0.15) is 0 Å². The van der Waals surface area contributed by atoms with E-state index >= 15 is 0 Å². The Balaban J connectivity index is 4.16. The molecule has 0 aliphatic rings. The summed E-state index contributed by atoms with van der Waals surface area (Å²) in [6, 6.07) is 0.483. The topological polar surface area (TPSA) is 40.5 Å². The van der Waals surface area contributed by atoms with Gasteiger partial charge in [-0.05, 0) is 19.4 Å². The zero-order valence-electron chi connectivity index (χ0n) is 9.95. The van der Waals surface area contributed by atoms with Crippen molar-refractivity contribution in [3.63, 3.8) is 0 Å². The third-order valence-electron chi connectivity index (χ3n) is 2.74. The lowest BCUT2D eigenvalue weighted by Gasteiger charge is -2.31. The first-order valence-corrected chi connectivity index (χ1v) is 5.33. The summed E-state index contributed by atoms with van der Waals surface area (Å²) < 4.78 is 0. The molecule has 2 atom stereocenters. The maximum absolute atomic E-state index is 10.7. The van der Waals surface area contributed by atoms with E-state index in [9.17, 15) is 4.79 Å². The highest BCUT2D eigenvalue weighted by Gasteiger charge is 2.20. The summed E-state index contributed by atoms with van der Waals surface area (Å²) in [4.78, 5) is 12.8. The summed E-state index contributed by atoms with van der Waals surface area (Å²) in [5.74, 6) is -0.422. The average Bonchev–Trinajstić information content (AvgIpc) is 2.04. The van der Waals surface area contributed by atoms with Crippen molar-refractivity contribution in [2.75, 3.05) is 13.6 Å². The molecule has 0 amide bonds. The monoisotopic (exact) mass is 201 g/mol.